The molecule has 3 aromatic rings. The minimum Gasteiger partial charge on any atom is -0.492 e. The summed E-state index contributed by atoms with van der Waals surface area (Å²) < 4.78 is 81.9. The van der Waals surface area contributed by atoms with Gasteiger partial charge in [-0.3, -0.25) is 0 Å². The Morgan fingerprint density at radius 3 is 2.40 bits per heavy atom. The minimum atomic E-state index is -5.15. The van der Waals surface area contributed by atoms with E-state index in [1.54, 1.807) is 0 Å². The van der Waals surface area contributed by atoms with E-state index >= 15 is 0 Å². The number of benzene rings is 2. The Morgan fingerprint density at radius 1 is 1.00 bits per heavy atom. The van der Waals surface area contributed by atoms with Gasteiger partial charge in [-0.15, -0.1) is 0 Å². The van der Waals surface area contributed by atoms with Crippen LogP contribution >= 0.6 is 11.3 Å². The lowest BCUT2D eigenvalue weighted by Crippen LogP contribution is -2.57. The monoisotopic (exact) mass is 627 g/mol. The molecule has 2 aliphatic rings. The molecule has 1 fully saturated rings. The highest BCUT2D eigenvalue weighted by molar-refractivity contribution is 7.17. The van der Waals surface area contributed by atoms with E-state index in [0.717, 1.165) is 22.3 Å². The third kappa shape index (κ3) is 5.97. The van der Waals surface area contributed by atoms with Crippen LogP contribution in [0, 0.1) is 0 Å². The van der Waals surface area contributed by atoms with Gasteiger partial charge in [-0.25, -0.2) is 9.59 Å². The SMILES string of the molecule is O=C(O)C1CN(C(=O)O)CCN1c1nc(O)c(C(Cc2ccc(C(F)(F)F)cc2C(F)(F)F)=c2ccc3c(c2)C=NN=3)s1. The van der Waals surface area contributed by atoms with Crippen LogP contribution in [0.5, 0.6) is 5.88 Å². The predicted octanol–water partition coefficient (Wildman–Crippen LogP) is 3.55. The lowest BCUT2D eigenvalue weighted by atomic mass is 9.94. The maximum absolute atomic E-state index is 14.0. The Hall–Kier alpha value is -4.67. The van der Waals surface area contributed by atoms with Crippen LogP contribution in [0.3, 0.4) is 0 Å². The second-order valence-corrected chi connectivity index (χ2v) is 10.5. The molecule has 10 nitrogen and oxygen atoms in total. The summed E-state index contributed by atoms with van der Waals surface area (Å²) in [6, 6.07) is 4.46. The highest BCUT2D eigenvalue weighted by Gasteiger charge is 2.39. The maximum Gasteiger partial charge on any atom is 0.416 e. The van der Waals surface area contributed by atoms with Crippen molar-refractivity contribution in [2.75, 3.05) is 24.5 Å². The summed E-state index contributed by atoms with van der Waals surface area (Å²) in [4.78, 5) is 29.5. The Balaban J connectivity index is 1.65. The number of thiazole rings is 1. The van der Waals surface area contributed by atoms with Gasteiger partial charge in [-0.1, -0.05) is 23.5 Å². The molecule has 3 N–H and O–H groups in total. The van der Waals surface area contributed by atoms with E-state index < -0.39 is 66.0 Å². The Labute approximate surface area is 241 Å². The standard InChI is InChI=1S/C26H19F6N5O5S/c27-25(28,29)15-3-1-13(17(9-15)26(30,31)32)8-16(12-2-4-18-14(7-12)10-33-35-18)20-21(38)34-23(43-20)37-6-5-36(24(41)42)11-19(37)22(39)40/h1-4,7,9-10,19,38H,5-6,8,11H2,(H,39,40)(H,41,42). The zero-order valence-corrected chi connectivity index (χ0v) is 22.3. The highest BCUT2D eigenvalue weighted by Crippen LogP contribution is 2.41. The lowest BCUT2D eigenvalue weighted by Gasteiger charge is -2.37. The van der Waals surface area contributed by atoms with Crippen molar-refractivity contribution < 1.29 is 51.3 Å². The molecular formula is C26H19F6N5O5S. The van der Waals surface area contributed by atoms with Gasteiger partial charge in [0.05, 0.1) is 34.1 Å². The third-order valence-electron chi connectivity index (χ3n) is 6.90. The average molecular weight is 628 g/mol. The van der Waals surface area contributed by atoms with E-state index in [2.05, 4.69) is 15.2 Å². The van der Waals surface area contributed by atoms with Gasteiger partial charge in [0.2, 0.25) is 5.88 Å². The molecule has 1 unspecified atom stereocenters. The third-order valence-corrected chi connectivity index (χ3v) is 8.04. The van der Waals surface area contributed by atoms with Crippen LogP contribution in [0.2, 0.25) is 0 Å². The summed E-state index contributed by atoms with van der Waals surface area (Å²) >= 11 is 0.753. The van der Waals surface area contributed by atoms with Crippen molar-refractivity contribution in [1.82, 2.24) is 9.88 Å². The van der Waals surface area contributed by atoms with Gasteiger partial charge in [-0.05, 0) is 40.6 Å². The van der Waals surface area contributed by atoms with Gasteiger partial charge in [0, 0.05) is 25.1 Å². The van der Waals surface area contributed by atoms with Gasteiger partial charge >= 0.3 is 24.4 Å². The van der Waals surface area contributed by atoms with E-state index in [-0.39, 0.29) is 40.0 Å². The number of halogens is 6. The summed E-state index contributed by atoms with van der Waals surface area (Å²) in [5.74, 6) is -2.02. The van der Waals surface area contributed by atoms with Crippen molar-refractivity contribution in [3.05, 3.63) is 74.1 Å². The molecule has 1 atom stereocenters. The average Bonchev–Trinajstić information content (AvgIpc) is 3.56. The fourth-order valence-electron chi connectivity index (χ4n) is 4.78. The number of hydrogen-bond donors (Lipinski definition) is 3. The number of rotatable bonds is 5. The first-order chi connectivity index (χ1) is 20.1. The van der Waals surface area contributed by atoms with Crippen molar-refractivity contribution in [2.24, 2.45) is 10.2 Å². The fraction of sp³-hybridized carbons (Fsp3) is 0.269. The molecule has 0 saturated carbocycles. The van der Waals surface area contributed by atoms with E-state index in [0.29, 0.717) is 17.0 Å². The zero-order valence-electron chi connectivity index (χ0n) is 21.5. The molecule has 1 aromatic heterocycles. The van der Waals surface area contributed by atoms with Crippen molar-refractivity contribution in [1.29, 1.82) is 0 Å². The summed E-state index contributed by atoms with van der Waals surface area (Å²) in [7, 11) is 0. The van der Waals surface area contributed by atoms with Gasteiger partial charge in [0.25, 0.3) is 0 Å². The molecule has 1 saturated heterocycles. The Kier molecular flexibility index (Phi) is 7.53. The second kappa shape index (κ2) is 10.9. The Morgan fingerprint density at radius 2 is 1.74 bits per heavy atom. The lowest BCUT2D eigenvalue weighted by molar-refractivity contribution is -0.143. The molecule has 1 amide bonds. The minimum absolute atomic E-state index is 0.0263. The fourth-order valence-corrected chi connectivity index (χ4v) is 5.88. The number of hydrogen-bond acceptors (Lipinski definition) is 8. The van der Waals surface area contributed by atoms with Crippen molar-refractivity contribution in [3.8, 4) is 5.88 Å². The number of fused-ring (bicyclic) bond motifs is 1. The molecular weight excluding hydrogens is 608 g/mol. The van der Waals surface area contributed by atoms with Gasteiger partial charge < -0.3 is 25.1 Å². The molecule has 17 heteroatoms. The number of carboxylic acids is 1. The number of carboxylic acid groups (broad SMARTS) is 2. The first-order valence-electron chi connectivity index (χ1n) is 12.3. The first-order valence-corrected chi connectivity index (χ1v) is 13.1. The molecule has 5 rings (SSSR count). The number of piperazine rings is 1. The summed E-state index contributed by atoms with van der Waals surface area (Å²) in [5, 5.41) is 38.3. The van der Waals surface area contributed by atoms with E-state index in [9.17, 15) is 51.3 Å². The molecule has 0 aliphatic carbocycles. The molecule has 0 spiro atoms. The van der Waals surface area contributed by atoms with Crippen molar-refractivity contribution >= 4 is 40.3 Å². The van der Waals surface area contributed by atoms with Crippen LogP contribution < -0.4 is 15.5 Å². The molecule has 0 radical (unpaired) electrons. The zero-order chi connectivity index (χ0) is 31.3. The smallest absolute Gasteiger partial charge is 0.416 e. The summed E-state index contributed by atoms with van der Waals surface area (Å²) in [6.07, 6.45) is -10.7. The summed E-state index contributed by atoms with van der Waals surface area (Å²) in [6.45, 7) is -0.608. The van der Waals surface area contributed by atoms with Crippen LogP contribution in [-0.2, 0) is 23.6 Å². The number of alkyl halides is 6. The van der Waals surface area contributed by atoms with Crippen molar-refractivity contribution in [3.63, 3.8) is 0 Å². The van der Waals surface area contributed by atoms with Crippen LogP contribution in [0.4, 0.5) is 36.3 Å². The number of aromatic hydroxyl groups is 1. The normalized spacial score (nSPS) is 17.5. The van der Waals surface area contributed by atoms with Crippen LogP contribution in [0.1, 0.15) is 27.1 Å². The van der Waals surface area contributed by atoms with Gasteiger partial charge in [-0.2, -0.15) is 41.5 Å². The Bertz CT molecular complexity index is 1770. The highest BCUT2D eigenvalue weighted by atomic mass is 32.1. The van der Waals surface area contributed by atoms with Gasteiger partial charge in [0.15, 0.2) is 5.13 Å². The predicted molar refractivity (Wildman–Crippen MR) is 140 cm³/mol. The molecule has 43 heavy (non-hydrogen) atoms. The number of amides is 1. The largest absolute Gasteiger partial charge is 0.492 e. The van der Waals surface area contributed by atoms with E-state index in [1.165, 1.54) is 29.3 Å². The molecule has 0 bridgehead atoms. The molecule has 3 heterocycles. The van der Waals surface area contributed by atoms with E-state index in [4.69, 9.17) is 0 Å². The topological polar surface area (TPSA) is 139 Å². The maximum atomic E-state index is 14.0. The van der Waals surface area contributed by atoms with Gasteiger partial charge in [0.1, 0.15) is 6.04 Å². The first kappa shape index (κ1) is 29.8. The quantitative estimate of drug-likeness (QED) is 0.368. The molecule has 2 aromatic carbocycles. The second-order valence-electron chi connectivity index (χ2n) is 9.57. The van der Waals surface area contributed by atoms with Crippen molar-refractivity contribution in [2.45, 2.75) is 24.8 Å². The number of carbonyl (C=O) groups is 2. The number of aromatic nitrogens is 1. The number of nitrogens with zero attached hydrogens (tertiary/aromatic N) is 5. The molecule has 226 valence electrons. The number of anilines is 1. The van der Waals surface area contributed by atoms with Crippen LogP contribution in [-0.4, -0.2) is 69.2 Å². The van der Waals surface area contributed by atoms with E-state index in [1.807, 2.05) is 0 Å². The number of aliphatic carboxylic acids is 1. The molecule has 2 aliphatic heterocycles. The van der Waals surface area contributed by atoms with Crippen LogP contribution in [0.15, 0.2) is 46.6 Å². The summed E-state index contributed by atoms with van der Waals surface area (Å²) in [5.41, 5.74) is -2.95. The van der Waals surface area contributed by atoms with Crippen LogP contribution in [0.25, 0.3) is 5.57 Å².